The van der Waals surface area contributed by atoms with E-state index in [1.165, 1.54) is 5.57 Å². The molecule has 1 aliphatic carbocycles. The summed E-state index contributed by atoms with van der Waals surface area (Å²) in [5.41, 5.74) is 12.4. The minimum atomic E-state index is -1.49. The highest BCUT2D eigenvalue weighted by atomic mass is 16.5. The summed E-state index contributed by atoms with van der Waals surface area (Å²) < 4.78 is 6.35. The molecule has 0 saturated heterocycles. The highest BCUT2D eigenvalue weighted by Crippen LogP contribution is 2.42. The van der Waals surface area contributed by atoms with Gasteiger partial charge in [0.05, 0.1) is 5.54 Å². The van der Waals surface area contributed by atoms with Gasteiger partial charge in [0, 0.05) is 17.7 Å². The van der Waals surface area contributed by atoms with Crippen LogP contribution in [0.15, 0.2) is 71.0 Å². The van der Waals surface area contributed by atoms with Crippen molar-refractivity contribution < 1.29 is 24.5 Å². The number of aliphatic carboxylic acids is 2. The van der Waals surface area contributed by atoms with Crippen LogP contribution in [0.1, 0.15) is 75.3 Å². The molecular weight excluding hydrogens is 492 g/mol. The maximum atomic E-state index is 12.8. The average molecular weight is 531 g/mol. The monoisotopic (exact) mass is 530 g/mol. The number of carboxylic acid groups (broad SMARTS) is 2. The zero-order valence-corrected chi connectivity index (χ0v) is 23.6. The SMILES string of the molecule is CCC1=C(C)NNC1(C)c1ccc(OCc2c(CC)cccc2C2(C(=O)O)C=CC(C)=C(C(=O)O)C2)c(C)c1. The number of carboxylic acids is 2. The lowest BCUT2D eigenvalue weighted by Crippen LogP contribution is -2.41. The summed E-state index contributed by atoms with van der Waals surface area (Å²) in [5.74, 6) is -1.46. The van der Waals surface area contributed by atoms with Crippen molar-refractivity contribution in [1.29, 1.82) is 0 Å². The van der Waals surface area contributed by atoms with Crippen LogP contribution in [0.4, 0.5) is 0 Å². The number of carbonyl (C=O) groups is 2. The van der Waals surface area contributed by atoms with E-state index in [0.717, 1.165) is 40.1 Å². The Kier molecular flexibility index (Phi) is 7.75. The van der Waals surface area contributed by atoms with Gasteiger partial charge in [0.2, 0.25) is 0 Å². The molecule has 1 aliphatic heterocycles. The van der Waals surface area contributed by atoms with Gasteiger partial charge in [0.25, 0.3) is 0 Å². The van der Waals surface area contributed by atoms with E-state index >= 15 is 0 Å². The molecule has 0 radical (unpaired) electrons. The molecule has 2 aliphatic rings. The Morgan fingerprint density at radius 3 is 2.41 bits per heavy atom. The Hall–Kier alpha value is -3.84. The van der Waals surface area contributed by atoms with Crippen LogP contribution in [-0.4, -0.2) is 22.2 Å². The van der Waals surface area contributed by atoms with Gasteiger partial charge in [0.1, 0.15) is 17.8 Å². The second-order valence-corrected chi connectivity index (χ2v) is 10.7. The fourth-order valence-corrected chi connectivity index (χ4v) is 5.97. The Morgan fingerprint density at radius 1 is 1.05 bits per heavy atom. The van der Waals surface area contributed by atoms with E-state index in [1.54, 1.807) is 25.1 Å². The van der Waals surface area contributed by atoms with E-state index in [9.17, 15) is 19.8 Å². The summed E-state index contributed by atoms with van der Waals surface area (Å²) in [6.45, 7) is 12.3. The number of hydrogen-bond donors (Lipinski definition) is 4. The van der Waals surface area contributed by atoms with Crippen molar-refractivity contribution >= 4 is 11.9 Å². The predicted octanol–water partition coefficient (Wildman–Crippen LogP) is 5.83. The maximum Gasteiger partial charge on any atom is 0.331 e. The van der Waals surface area contributed by atoms with Crippen LogP contribution in [0.25, 0.3) is 0 Å². The lowest BCUT2D eigenvalue weighted by atomic mass is 9.69. The smallest absolute Gasteiger partial charge is 0.331 e. The minimum absolute atomic E-state index is 0.111. The quantitative estimate of drug-likeness (QED) is 0.323. The van der Waals surface area contributed by atoms with Gasteiger partial charge in [-0.2, -0.15) is 0 Å². The van der Waals surface area contributed by atoms with E-state index in [2.05, 4.69) is 43.8 Å². The lowest BCUT2D eigenvalue weighted by Gasteiger charge is -2.33. The first-order valence-electron chi connectivity index (χ1n) is 13.4. The highest BCUT2D eigenvalue weighted by Gasteiger charge is 2.44. The van der Waals surface area contributed by atoms with Crippen molar-refractivity contribution in [2.45, 2.75) is 78.4 Å². The summed E-state index contributed by atoms with van der Waals surface area (Å²) in [6, 6.07) is 11.8. The summed E-state index contributed by atoms with van der Waals surface area (Å²) in [6.07, 6.45) is 4.72. The van der Waals surface area contributed by atoms with Crippen LogP contribution in [-0.2, 0) is 33.6 Å². The molecular formula is C32H38N2O5. The topological polar surface area (TPSA) is 108 Å². The summed E-state index contributed by atoms with van der Waals surface area (Å²) in [4.78, 5) is 24.7. The Labute approximate surface area is 230 Å². The number of ether oxygens (including phenoxy) is 1. The molecule has 0 bridgehead atoms. The number of allylic oxidation sites excluding steroid dienone is 3. The third-order valence-corrected chi connectivity index (χ3v) is 8.36. The molecule has 7 heteroatoms. The van der Waals surface area contributed by atoms with Crippen LogP contribution < -0.4 is 15.6 Å². The van der Waals surface area contributed by atoms with Gasteiger partial charge in [-0.3, -0.25) is 4.79 Å². The van der Waals surface area contributed by atoms with E-state index in [4.69, 9.17) is 4.74 Å². The number of hydrogen-bond acceptors (Lipinski definition) is 5. The summed E-state index contributed by atoms with van der Waals surface area (Å²) in [7, 11) is 0. The second-order valence-electron chi connectivity index (χ2n) is 10.7. The van der Waals surface area contributed by atoms with E-state index in [-0.39, 0.29) is 24.1 Å². The average Bonchev–Trinajstić information content (AvgIpc) is 3.21. The number of benzene rings is 2. The van der Waals surface area contributed by atoms with Crippen LogP contribution in [0.5, 0.6) is 5.75 Å². The van der Waals surface area contributed by atoms with Crippen molar-refractivity contribution in [3.05, 3.63) is 98.8 Å². The molecule has 206 valence electrons. The molecule has 0 aromatic heterocycles. The van der Waals surface area contributed by atoms with E-state index in [1.807, 2.05) is 32.0 Å². The third-order valence-electron chi connectivity index (χ3n) is 8.36. The molecule has 2 atom stereocenters. The first-order valence-corrected chi connectivity index (χ1v) is 13.4. The van der Waals surface area contributed by atoms with Gasteiger partial charge in [-0.15, -0.1) is 0 Å². The van der Waals surface area contributed by atoms with Crippen molar-refractivity contribution in [2.24, 2.45) is 0 Å². The third kappa shape index (κ3) is 4.87. The molecule has 0 fully saturated rings. The summed E-state index contributed by atoms with van der Waals surface area (Å²) in [5, 5.41) is 20.2. The van der Waals surface area contributed by atoms with Crippen molar-refractivity contribution in [2.75, 3.05) is 0 Å². The first kappa shape index (κ1) is 28.2. The van der Waals surface area contributed by atoms with Gasteiger partial charge in [-0.25, -0.2) is 10.2 Å². The number of hydrazine groups is 1. The molecule has 0 spiro atoms. The molecule has 2 unspecified atom stereocenters. The molecule has 0 saturated carbocycles. The fourth-order valence-electron chi connectivity index (χ4n) is 5.97. The van der Waals surface area contributed by atoms with Crippen LogP contribution in [0.3, 0.4) is 0 Å². The number of rotatable bonds is 9. The normalized spacial score (nSPS) is 22.7. The van der Waals surface area contributed by atoms with Crippen LogP contribution >= 0.6 is 0 Å². The van der Waals surface area contributed by atoms with Gasteiger partial charge < -0.3 is 20.4 Å². The maximum absolute atomic E-state index is 12.8. The van der Waals surface area contributed by atoms with Gasteiger partial charge >= 0.3 is 11.9 Å². The molecule has 4 rings (SSSR count). The fraction of sp³-hybridized carbons (Fsp3) is 0.375. The molecule has 2 aromatic carbocycles. The molecule has 0 amide bonds. The zero-order valence-electron chi connectivity index (χ0n) is 23.6. The van der Waals surface area contributed by atoms with Crippen molar-refractivity contribution in [3.63, 3.8) is 0 Å². The van der Waals surface area contributed by atoms with Crippen molar-refractivity contribution in [3.8, 4) is 5.75 Å². The largest absolute Gasteiger partial charge is 0.489 e. The van der Waals surface area contributed by atoms with E-state index in [0.29, 0.717) is 17.6 Å². The van der Waals surface area contributed by atoms with Gasteiger partial charge in [0.15, 0.2) is 0 Å². The van der Waals surface area contributed by atoms with Gasteiger partial charge in [-0.1, -0.05) is 56.3 Å². The van der Waals surface area contributed by atoms with Crippen LogP contribution in [0.2, 0.25) is 0 Å². The second kappa shape index (κ2) is 10.7. The lowest BCUT2D eigenvalue weighted by molar-refractivity contribution is -0.142. The summed E-state index contributed by atoms with van der Waals surface area (Å²) >= 11 is 0. The Bertz CT molecular complexity index is 1420. The Morgan fingerprint density at radius 2 is 1.79 bits per heavy atom. The first-order chi connectivity index (χ1) is 18.5. The number of aryl methyl sites for hydroxylation is 2. The minimum Gasteiger partial charge on any atom is -0.489 e. The highest BCUT2D eigenvalue weighted by molar-refractivity contribution is 5.94. The van der Waals surface area contributed by atoms with Gasteiger partial charge in [-0.05, 0) is 85.6 Å². The molecule has 1 heterocycles. The molecule has 4 N–H and O–H groups in total. The Balaban J connectivity index is 1.69. The molecule has 2 aromatic rings. The zero-order chi connectivity index (χ0) is 28.5. The predicted molar refractivity (Wildman–Crippen MR) is 151 cm³/mol. The van der Waals surface area contributed by atoms with Crippen LogP contribution in [0, 0.1) is 6.92 Å². The molecule has 7 nitrogen and oxygen atoms in total. The van der Waals surface area contributed by atoms with Crippen molar-refractivity contribution in [1.82, 2.24) is 10.9 Å². The van der Waals surface area contributed by atoms with E-state index < -0.39 is 17.4 Å². The standard InChI is InChI=1S/C32H38N2O5/c1-7-22-10-9-11-27(32(30(37)38)15-14-19(3)24(17-32)29(35)36)25(22)18-39-28-13-12-23(16-20(28)4)31(6)26(8-2)21(5)33-34-31/h9-16,33-34H,7-8,17-18H2,1-6H3,(H,35,36)(H,37,38). The molecule has 39 heavy (non-hydrogen) atoms. The number of nitrogens with one attached hydrogen (secondary N) is 2.